The maximum Gasteiger partial charge on any atom is 0.134 e. The number of benzene rings is 1. The van der Waals surface area contributed by atoms with Crippen LogP contribution in [-0.4, -0.2) is 13.7 Å². The van der Waals surface area contributed by atoms with Gasteiger partial charge in [-0.25, -0.2) is 0 Å². The third-order valence-corrected chi connectivity index (χ3v) is 2.86. The lowest BCUT2D eigenvalue weighted by atomic mass is 9.99. The highest BCUT2D eigenvalue weighted by Crippen LogP contribution is 2.30. The Labute approximate surface area is 90.6 Å². The van der Waals surface area contributed by atoms with Gasteiger partial charge in [-0.05, 0) is 31.0 Å². The summed E-state index contributed by atoms with van der Waals surface area (Å²) in [6.07, 6.45) is 7.91. The molecule has 1 saturated heterocycles. The first-order chi connectivity index (χ1) is 7.36. The first-order valence-electron chi connectivity index (χ1n) is 5.23. The number of nitrogens with one attached hydrogen (secondary N) is 1. The first-order valence-corrected chi connectivity index (χ1v) is 5.23. The number of terminal acetylenes is 1. The average Bonchev–Trinajstić information content (AvgIpc) is 2.81. The topological polar surface area (TPSA) is 21.3 Å². The van der Waals surface area contributed by atoms with Crippen molar-refractivity contribution < 1.29 is 4.74 Å². The van der Waals surface area contributed by atoms with Gasteiger partial charge in [0.25, 0.3) is 0 Å². The van der Waals surface area contributed by atoms with E-state index in [2.05, 4.69) is 17.3 Å². The van der Waals surface area contributed by atoms with E-state index in [1.54, 1.807) is 7.11 Å². The molecule has 0 radical (unpaired) electrons. The Morgan fingerprint density at radius 1 is 1.53 bits per heavy atom. The standard InChI is InChI=1S/C13H15NO/c1-3-10-11(12-7-5-9-14-12)6-4-8-13(10)15-2/h1,4,6,8,12,14H,5,7,9H2,2H3/t12-/m1/s1. The summed E-state index contributed by atoms with van der Waals surface area (Å²) in [4.78, 5) is 0. The summed E-state index contributed by atoms with van der Waals surface area (Å²) in [5, 5.41) is 3.45. The molecule has 0 aliphatic carbocycles. The van der Waals surface area contributed by atoms with Crippen molar-refractivity contribution in [3.63, 3.8) is 0 Å². The Bertz CT molecular complexity index is 386. The van der Waals surface area contributed by atoms with Crippen LogP contribution in [0.1, 0.15) is 30.0 Å². The summed E-state index contributed by atoms with van der Waals surface area (Å²) < 4.78 is 5.27. The second kappa shape index (κ2) is 4.37. The zero-order chi connectivity index (χ0) is 10.7. The maximum atomic E-state index is 5.54. The quantitative estimate of drug-likeness (QED) is 0.740. The molecule has 1 N–H and O–H groups in total. The van der Waals surface area contributed by atoms with E-state index in [1.165, 1.54) is 12.0 Å². The molecule has 0 unspecified atom stereocenters. The molecule has 15 heavy (non-hydrogen) atoms. The van der Waals surface area contributed by atoms with Gasteiger partial charge in [-0.1, -0.05) is 18.1 Å². The minimum absolute atomic E-state index is 0.395. The van der Waals surface area contributed by atoms with E-state index in [9.17, 15) is 0 Å². The molecule has 0 spiro atoms. The van der Waals surface area contributed by atoms with Crippen LogP contribution in [0, 0.1) is 12.3 Å². The number of methoxy groups -OCH3 is 1. The van der Waals surface area contributed by atoms with E-state index < -0.39 is 0 Å². The number of ether oxygens (including phenoxy) is 1. The van der Waals surface area contributed by atoms with Crippen molar-refractivity contribution in [1.82, 2.24) is 5.32 Å². The maximum absolute atomic E-state index is 5.54. The van der Waals surface area contributed by atoms with Crippen LogP contribution in [-0.2, 0) is 0 Å². The fraction of sp³-hybridized carbons (Fsp3) is 0.385. The lowest BCUT2D eigenvalue weighted by Gasteiger charge is -2.15. The minimum Gasteiger partial charge on any atom is -0.495 e. The summed E-state index contributed by atoms with van der Waals surface area (Å²) in [5.74, 6) is 3.52. The molecule has 1 fully saturated rings. The molecule has 2 rings (SSSR count). The van der Waals surface area contributed by atoms with Crippen molar-refractivity contribution in [2.75, 3.05) is 13.7 Å². The third-order valence-electron chi connectivity index (χ3n) is 2.86. The van der Waals surface area contributed by atoms with Crippen molar-refractivity contribution in [2.45, 2.75) is 18.9 Å². The summed E-state index contributed by atoms with van der Waals surface area (Å²) in [7, 11) is 1.65. The van der Waals surface area contributed by atoms with Gasteiger partial charge in [0.15, 0.2) is 0 Å². The Balaban J connectivity index is 2.42. The SMILES string of the molecule is C#Cc1c(OC)cccc1[C@H]1CCCN1. The number of hydrogen-bond donors (Lipinski definition) is 1. The highest BCUT2D eigenvalue weighted by molar-refractivity contribution is 5.51. The van der Waals surface area contributed by atoms with Crippen LogP contribution >= 0.6 is 0 Å². The zero-order valence-electron chi connectivity index (χ0n) is 8.92. The van der Waals surface area contributed by atoms with Crippen molar-refractivity contribution in [3.8, 4) is 18.1 Å². The van der Waals surface area contributed by atoms with Crippen LogP contribution in [0.3, 0.4) is 0 Å². The van der Waals surface area contributed by atoms with Gasteiger partial charge in [-0.2, -0.15) is 0 Å². The van der Waals surface area contributed by atoms with Gasteiger partial charge < -0.3 is 10.1 Å². The van der Waals surface area contributed by atoms with Gasteiger partial charge in [-0.3, -0.25) is 0 Å². The molecule has 0 saturated carbocycles. The monoisotopic (exact) mass is 201 g/mol. The van der Waals surface area contributed by atoms with Gasteiger partial charge in [0.2, 0.25) is 0 Å². The van der Waals surface area contributed by atoms with Crippen LogP contribution in [0.5, 0.6) is 5.75 Å². The van der Waals surface area contributed by atoms with E-state index in [4.69, 9.17) is 11.2 Å². The summed E-state index contributed by atoms with van der Waals surface area (Å²) in [5.41, 5.74) is 2.08. The Hall–Kier alpha value is -1.46. The second-order valence-electron chi connectivity index (χ2n) is 3.72. The number of rotatable bonds is 2. The highest BCUT2D eigenvalue weighted by atomic mass is 16.5. The summed E-state index contributed by atoms with van der Waals surface area (Å²) in [6.45, 7) is 1.08. The van der Waals surface area contributed by atoms with Gasteiger partial charge in [0.05, 0.1) is 12.7 Å². The van der Waals surface area contributed by atoms with Crippen LogP contribution < -0.4 is 10.1 Å². The molecule has 1 aromatic carbocycles. The second-order valence-corrected chi connectivity index (χ2v) is 3.72. The molecule has 1 atom stereocenters. The van der Waals surface area contributed by atoms with Crippen molar-refractivity contribution >= 4 is 0 Å². The van der Waals surface area contributed by atoms with Crippen LogP contribution in [0.15, 0.2) is 18.2 Å². The smallest absolute Gasteiger partial charge is 0.134 e. The fourth-order valence-electron chi connectivity index (χ4n) is 2.11. The van der Waals surface area contributed by atoms with Crippen molar-refractivity contribution in [3.05, 3.63) is 29.3 Å². The average molecular weight is 201 g/mol. The minimum atomic E-state index is 0.395. The molecule has 1 aromatic rings. The van der Waals surface area contributed by atoms with Crippen LogP contribution in [0.25, 0.3) is 0 Å². The van der Waals surface area contributed by atoms with E-state index in [0.29, 0.717) is 6.04 Å². The summed E-state index contributed by atoms with van der Waals surface area (Å²) >= 11 is 0. The van der Waals surface area contributed by atoms with Crippen LogP contribution in [0.4, 0.5) is 0 Å². The van der Waals surface area contributed by atoms with E-state index in [0.717, 1.165) is 24.3 Å². The third kappa shape index (κ3) is 1.84. The Morgan fingerprint density at radius 2 is 2.40 bits per heavy atom. The highest BCUT2D eigenvalue weighted by Gasteiger charge is 2.20. The molecular weight excluding hydrogens is 186 g/mol. The Morgan fingerprint density at radius 3 is 3.00 bits per heavy atom. The molecule has 2 nitrogen and oxygen atoms in total. The number of hydrogen-bond acceptors (Lipinski definition) is 2. The van der Waals surface area contributed by atoms with E-state index in [1.807, 2.05) is 12.1 Å². The molecule has 0 aromatic heterocycles. The molecule has 1 aliphatic rings. The van der Waals surface area contributed by atoms with Gasteiger partial charge in [0.1, 0.15) is 5.75 Å². The molecule has 2 heteroatoms. The normalized spacial score (nSPS) is 19.9. The molecule has 78 valence electrons. The molecule has 0 amide bonds. The first kappa shape index (κ1) is 10.1. The fourth-order valence-corrected chi connectivity index (χ4v) is 2.11. The predicted molar refractivity (Wildman–Crippen MR) is 60.9 cm³/mol. The lowest BCUT2D eigenvalue weighted by Crippen LogP contribution is -2.14. The molecule has 0 bridgehead atoms. The zero-order valence-corrected chi connectivity index (χ0v) is 8.92. The van der Waals surface area contributed by atoms with Crippen LogP contribution in [0.2, 0.25) is 0 Å². The lowest BCUT2D eigenvalue weighted by molar-refractivity contribution is 0.412. The summed E-state index contributed by atoms with van der Waals surface area (Å²) in [6, 6.07) is 6.38. The van der Waals surface area contributed by atoms with Crippen molar-refractivity contribution in [2.24, 2.45) is 0 Å². The molecule has 1 aliphatic heterocycles. The van der Waals surface area contributed by atoms with Crippen molar-refractivity contribution in [1.29, 1.82) is 0 Å². The Kier molecular flexibility index (Phi) is 2.94. The predicted octanol–water partition coefficient (Wildman–Crippen LogP) is 2.10. The van der Waals surface area contributed by atoms with Gasteiger partial charge in [0, 0.05) is 6.04 Å². The largest absolute Gasteiger partial charge is 0.495 e. The molecule has 1 heterocycles. The van der Waals surface area contributed by atoms with E-state index in [-0.39, 0.29) is 0 Å². The van der Waals surface area contributed by atoms with E-state index >= 15 is 0 Å². The molecular formula is C13H15NO. The van der Waals surface area contributed by atoms with Gasteiger partial charge in [-0.15, -0.1) is 6.42 Å². The van der Waals surface area contributed by atoms with Gasteiger partial charge >= 0.3 is 0 Å².